The van der Waals surface area contributed by atoms with E-state index in [4.69, 9.17) is 9.47 Å². The number of carbonyl (C=O) groups is 1. The Bertz CT molecular complexity index is 810. The minimum absolute atomic E-state index is 0.00834. The topological polar surface area (TPSA) is 55.8 Å². The molecule has 0 aromatic carbocycles. The highest BCUT2D eigenvalue weighted by Gasteiger charge is 2.69. The minimum Gasteiger partial charge on any atom is -0.389 e. The van der Waals surface area contributed by atoms with Gasteiger partial charge in [-0.2, -0.15) is 0 Å². The third-order valence-corrected chi connectivity index (χ3v) is 11.2. The van der Waals surface area contributed by atoms with Crippen molar-refractivity contribution in [1.29, 1.82) is 0 Å². The van der Waals surface area contributed by atoms with E-state index in [2.05, 4.69) is 27.7 Å². The highest BCUT2D eigenvalue weighted by molar-refractivity contribution is 5.91. The molecule has 6 unspecified atom stereocenters. The molecule has 5 fully saturated rings. The SMILES string of the molecule is CC1CC[C@@]2(OC1)O[C@H]1CC3C4C[C@@H](O)C5=CC(=O)CC[C@]5(C)C4CC[C@]3(C)C1C2C. The second-order valence-electron chi connectivity index (χ2n) is 12.6. The van der Waals surface area contributed by atoms with Gasteiger partial charge < -0.3 is 14.6 Å². The lowest BCUT2D eigenvalue weighted by molar-refractivity contribution is -0.272. The van der Waals surface area contributed by atoms with Crippen LogP contribution in [-0.2, 0) is 14.3 Å². The maximum Gasteiger partial charge on any atom is 0.171 e. The maximum absolute atomic E-state index is 12.1. The van der Waals surface area contributed by atoms with E-state index in [1.165, 1.54) is 19.3 Å². The summed E-state index contributed by atoms with van der Waals surface area (Å²) < 4.78 is 13.3. The van der Waals surface area contributed by atoms with E-state index in [1.54, 1.807) is 6.08 Å². The van der Waals surface area contributed by atoms with Crippen LogP contribution < -0.4 is 0 Å². The summed E-state index contributed by atoms with van der Waals surface area (Å²) in [7, 11) is 0. The number of ketones is 1. The number of fused-ring (bicyclic) bond motifs is 7. The fourth-order valence-corrected chi connectivity index (χ4v) is 9.62. The molecule has 6 aliphatic rings. The smallest absolute Gasteiger partial charge is 0.171 e. The Hall–Kier alpha value is -0.710. The van der Waals surface area contributed by atoms with Crippen molar-refractivity contribution in [2.45, 2.75) is 97.1 Å². The quantitative estimate of drug-likeness (QED) is 0.597. The Morgan fingerprint density at radius 3 is 2.61 bits per heavy atom. The molecule has 31 heavy (non-hydrogen) atoms. The Kier molecular flexibility index (Phi) is 4.49. The average Bonchev–Trinajstić information content (AvgIpc) is 3.17. The van der Waals surface area contributed by atoms with Crippen LogP contribution >= 0.6 is 0 Å². The molecule has 0 aromatic heterocycles. The molecule has 4 aliphatic carbocycles. The normalized spacial score (nSPS) is 58.4. The third-order valence-electron chi connectivity index (χ3n) is 11.2. The number of hydrogen-bond acceptors (Lipinski definition) is 4. The highest BCUT2D eigenvalue weighted by atomic mass is 16.7. The molecule has 2 saturated heterocycles. The standard InChI is InChI=1S/C27H40O4/c1-15-5-10-27(30-14-15)16(2)24-23(31-27)13-20-18-12-22(29)21-11-17(28)6-8-25(21,3)19(18)7-9-26(20,24)4/h11,15-16,18-20,22-24,29H,5-10,12-14H2,1-4H3/t15?,16?,18?,19?,20?,22-,23+,24?,25-,26+,27-/m1/s1. The van der Waals surface area contributed by atoms with Crippen molar-refractivity contribution in [2.24, 2.45) is 46.3 Å². The number of aliphatic hydroxyl groups is 1. The van der Waals surface area contributed by atoms with Crippen LogP contribution in [0.15, 0.2) is 11.6 Å². The van der Waals surface area contributed by atoms with Gasteiger partial charge in [-0.15, -0.1) is 0 Å². The Morgan fingerprint density at radius 1 is 1.06 bits per heavy atom. The van der Waals surface area contributed by atoms with Crippen LogP contribution in [0.25, 0.3) is 0 Å². The molecule has 1 N–H and O–H groups in total. The van der Waals surface area contributed by atoms with Gasteiger partial charge in [0.05, 0.1) is 18.8 Å². The van der Waals surface area contributed by atoms with Gasteiger partial charge in [-0.1, -0.05) is 27.7 Å². The lowest BCUT2D eigenvalue weighted by Crippen LogP contribution is -2.55. The minimum atomic E-state index is -0.453. The van der Waals surface area contributed by atoms with Crippen molar-refractivity contribution in [2.75, 3.05) is 6.61 Å². The fourth-order valence-electron chi connectivity index (χ4n) is 9.62. The first-order valence-corrected chi connectivity index (χ1v) is 12.9. The van der Waals surface area contributed by atoms with E-state index in [1.807, 2.05) is 0 Å². The van der Waals surface area contributed by atoms with Gasteiger partial charge in [0, 0.05) is 18.8 Å². The van der Waals surface area contributed by atoms with Gasteiger partial charge in [0.15, 0.2) is 11.6 Å². The first kappa shape index (κ1) is 20.9. The Balaban J connectivity index is 1.30. The number of carbonyl (C=O) groups excluding carboxylic acids is 1. The summed E-state index contributed by atoms with van der Waals surface area (Å²) in [5.74, 6) is 3.20. The van der Waals surface area contributed by atoms with Crippen molar-refractivity contribution in [3.63, 3.8) is 0 Å². The lowest BCUT2D eigenvalue weighted by atomic mass is 9.46. The molecule has 11 atom stereocenters. The predicted octanol–water partition coefficient (Wildman–Crippen LogP) is 4.89. The molecular formula is C27H40O4. The summed E-state index contributed by atoms with van der Waals surface area (Å²) in [5.41, 5.74) is 1.30. The van der Waals surface area contributed by atoms with Gasteiger partial charge in [-0.25, -0.2) is 0 Å². The molecule has 0 radical (unpaired) electrons. The summed E-state index contributed by atoms with van der Waals surface area (Å²) in [6.07, 6.45) is 9.84. The lowest BCUT2D eigenvalue weighted by Gasteiger charge is -2.59. The van der Waals surface area contributed by atoms with Gasteiger partial charge in [-0.3, -0.25) is 4.79 Å². The van der Waals surface area contributed by atoms with Crippen LogP contribution in [0.1, 0.15) is 79.1 Å². The zero-order valence-corrected chi connectivity index (χ0v) is 19.7. The second-order valence-corrected chi connectivity index (χ2v) is 12.6. The third kappa shape index (κ3) is 2.68. The van der Waals surface area contributed by atoms with Crippen LogP contribution in [0, 0.1) is 46.3 Å². The van der Waals surface area contributed by atoms with Gasteiger partial charge in [0.25, 0.3) is 0 Å². The molecular weight excluding hydrogens is 388 g/mol. The first-order valence-electron chi connectivity index (χ1n) is 12.9. The number of rotatable bonds is 0. The van der Waals surface area contributed by atoms with E-state index >= 15 is 0 Å². The van der Waals surface area contributed by atoms with Crippen molar-refractivity contribution < 1.29 is 19.4 Å². The van der Waals surface area contributed by atoms with Crippen molar-refractivity contribution in [1.82, 2.24) is 0 Å². The molecule has 4 nitrogen and oxygen atoms in total. The number of hydrogen-bond donors (Lipinski definition) is 1. The maximum atomic E-state index is 12.1. The van der Waals surface area contributed by atoms with Crippen LogP contribution in [-0.4, -0.2) is 35.5 Å². The molecule has 0 bridgehead atoms. The van der Waals surface area contributed by atoms with E-state index < -0.39 is 6.10 Å². The number of ether oxygens (including phenoxy) is 2. The Labute approximate surface area is 187 Å². The molecule has 1 spiro atoms. The van der Waals surface area contributed by atoms with E-state index in [-0.39, 0.29) is 22.4 Å². The van der Waals surface area contributed by atoms with Gasteiger partial charge in [0.1, 0.15) is 0 Å². The molecule has 0 aromatic rings. The summed E-state index contributed by atoms with van der Waals surface area (Å²) >= 11 is 0. The highest BCUT2D eigenvalue weighted by Crippen LogP contribution is 2.70. The molecule has 2 aliphatic heterocycles. The first-order chi connectivity index (χ1) is 14.7. The molecule has 6 rings (SSSR count). The predicted molar refractivity (Wildman–Crippen MR) is 118 cm³/mol. The van der Waals surface area contributed by atoms with Gasteiger partial charge in [-0.05, 0) is 90.6 Å². The molecule has 4 heteroatoms. The van der Waals surface area contributed by atoms with E-state index in [0.717, 1.165) is 37.9 Å². The fraction of sp³-hybridized carbons (Fsp3) is 0.889. The summed E-state index contributed by atoms with van der Waals surface area (Å²) in [4.78, 5) is 12.1. The van der Waals surface area contributed by atoms with Gasteiger partial charge >= 0.3 is 0 Å². The van der Waals surface area contributed by atoms with Gasteiger partial charge in [0.2, 0.25) is 0 Å². The number of aliphatic hydroxyl groups excluding tert-OH is 1. The second kappa shape index (κ2) is 6.67. The van der Waals surface area contributed by atoms with Crippen LogP contribution in [0.5, 0.6) is 0 Å². The van der Waals surface area contributed by atoms with Crippen molar-refractivity contribution >= 4 is 5.78 Å². The monoisotopic (exact) mass is 428 g/mol. The van der Waals surface area contributed by atoms with Crippen LogP contribution in [0.4, 0.5) is 0 Å². The molecule has 0 amide bonds. The largest absolute Gasteiger partial charge is 0.389 e. The van der Waals surface area contributed by atoms with E-state index in [9.17, 15) is 9.90 Å². The molecule has 3 saturated carbocycles. The average molecular weight is 429 g/mol. The van der Waals surface area contributed by atoms with Crippen molar-refractivity contribution in [3.05, 3.63) is 11.6 Å². The molecule has 2 heterocycles. The molecule has 172 valence electrons. The van der Waals surface area contributed by atoms with Crippen molar-refractivity contribution in [3.8, 4) is 0 Å². The summed E-state index contributed by atoms with van der Waals surface area (Å²) in [5, 5.41) is 11.1. The Morgan fingerprint density at radius 2 is 1.87 bits per heavy atom. The zero-order valence-electron chi connectivity index (χ0n) is 19.7. The van der Waals surface area contributed by atoms with E-state index in [0.29, 0.717) is 48.0 Å². The van der Waals surface area contributed by atoms with Crippen LogP contribution in [0.3, 0.4) is 0 Å². The summed E-state index contributed by atoms with van der Waals surface area (Å²) in [6, 6.07) is 0. The summed E-state index contributed by atoms with van der Waals surface area (Å²) in [6.45, 7) is 10.4. The zero-order chi connectivity index (χ0) is 21.8. The van der Waals surface area contributed by atoms with Crippen LogP contribution in [0.2, 0.25) is 0 Å².